The van der Waals surface area contributed by atoms with Crippen LogP contribution in [0, 0.1) is 17.5 Å². The zero-order chi connectivity index (χ0) is 18.4. The SMILES string of the molecule is O=C(COC(=O)c1cc(F)c(F)cc1Cl)NCCc1ccccc1F. The Bertz CT molecular complexity index is 799. The van der Waals surface area contributed by atoms with Gasteiger partial charge in [0.15, 0.2) is 18.2 Å². The summed E-state index contributed by atoms with van der Waals surface area (Å²) in [5.74, 6) is -4.52. The first kappa shape index (κ1) is 18.8. The minimum atomic E-state index is -1.26. The van der Waals surface area contributed by atoms with Crippen LogP contribution in [0.25, 0.3) is 0 Å². The number of hydrogen-bond acceptors (Lipinski definition) is 3. The quantitative estimate of drug-likeness (QED) is 0.626. The van der Waals surface area contributed by atoms with Gasteiger partial charge >= 0.3 is 5.97 Å². The van der Waals surface area contributed by atoms with Crippen LogP contribution < -0.4 is 5.32 Å². The van der Waals surface area contributed by atoms with Gasteiger partial charge in [-0.15, -0.1) is 0 Å². The van der Waals surface area contributed by atoms with Crippen LogP contribution in [0.1, 0.15) is 15.9 Å². The van der Waals surface area contributed by atoms with Crippen molar-refractivity contribution in [2.75, 3.05) is 13.2 Å². The van der Waals surface area contributed by atoms with Gasteiger partial charge in [0.05, 0.1) is 10.6 Å². The Labute approximate surface area is 146 Å². The number of nitrogens with one attached hydrogen (secondary N) is 1. The highest BCUT2D eigenvalue weighted by Gasteiger charge is 2.17. The zero-order valence-corrected chi connectivity index (χ0v) is 13.6. The molecule has 0 heterocycles. The number of benzene rings is 2. The number of carbonyl (C=O) groups is 2. The fraction of sp³-hybridized carbons (Fsp3) is 0.176. The second-order valence-electron chi connectivity index (χ2n) is 5.01. The molecule has 0 bridgehead atoms. The van der Waals surface area contributed by atoms with Crippen LogP contribution >= 0.6 is 11.6 Å². The summed E-state index contributed by atoms with van der Waals surface area (Å²) in [6.07, 6.45) is 0.265. The van der Waals surface area contributed by atoms with E-state index in [1.807, 2.05) is 0 Å². The smallest absolute Gasteiger partial charge is 0.340 e. The van der Waals surface area contributed by atoms with Crippen molar-refractivity contribution in [3.05, 3.63) is 70.0 Å². The average Bonchev–Trinajstić information content (AvgIpc) is 2.57. The average molecular weight is 372 g/mol. The number of halogens is 4. The van der Waals surface area contributed by atoms with Gasteiger partial charge in [-0.25, -0.2) is 18.0 Å². The lowest BCUT2D eigenvalue weighted by Crippen LogP contribution is -2.30. The number of hydrogen-bond donors (Lipinski definition) is 1. The lowest BCUT2D eigenvalue weighted by Gasteiger charge is -2.08. The standard InChI is InChI=1S/C17H13ClF3NO3/c18-12-8-15(21)14(20)7-11(12)17(24)25-9-16(23)22-6-5-10-3-1-2-4-13(10)19/h1-4,7-8H,5-6,9H2,(H,22,23). The monoisotopic (exact) mass is 371 g/mol. The van der Waals surface area contributed by atoms with Gasteiger partial charge in [0.25, 0.3) is 5.91 Å². The Kier molecular flexibility index (Phi) is 6.41. The van der Waals surface area contributed by atoms with Gasteiger partial charge < -0.3 is 10.1 Å². The van der Waals surface area contributed by atoms with Crippen LogP contribution in [0.2, 0.25) is 5.02 Å². The van der Waals surface area contributed by atoms with Crippen molar-refractivity contribution in [3.8, 4) is 0 Å². The largest absolute Gasteiger partial charge is 0.452 e. The van der Waals surface area contributed by atoms with E-state index in [2.05, 4.69) is 5.32 Å². The van der Waals surface area contributed by atoms with Crippen molar-refractivity contribution in [3.63, 3.8) is 0 Å². The van der Waals surface area contributed by atoms with Crippen LogP contribution in [0.15, 0.2) is 36.4 Å². The van der Waals surface area contributed by atoms with Crippen LogP contribution in [0.5, 0.6) is 0 Å². The van der Waals surface area contributed by atoms with Gasteiger partial charge in [0.1, 0.15) is 5.82 Å². The summed E-state index contributed by atoms with van der Waals surface area (Å²) in [7, 11) is 0. The van der Waals surface area contributed by atoms with Gasteiger partial charge in [0.2, 0.25) is 0 Å². The summed E-state index contributed by atoms with van der Waals surface area (Å²) in [6, 6.07) is 7.36. The van der Waals surface area contributed by atoms with E-state index in [1.54, 1.807) is 18.2 Å². The molecule has 1 amide bonds. The molecule has 0 spiro atoms. The Morgan fingerprint density at radius 1 is 1.04 bits per heavy atom. The summed E-state index contributed by atoms with van der Waals surface area (Å²) in [6.45, 7) is -0.491. The number of amides is 1. The van der Waals surface area contributed by atoms with Gasteiger partial charge in [0, 0.05) is 6.54 Å². The second kappa shape index (κ2) is 8.53. The van der Waals surface area contributed by atoms with E-state index in [1.165, 1.54) is 6.07 Å². The lowest BCUT2D eigenvalue weighted by molar-refractivity contribution is -0.124. The molecule has 4 nitrogen and oxygen atoms in total. The Morgan fingerprint density at radius 3 is 2.44 bits per heavy atom. The molecule has 0 aliphatic rings. The Hall–Kier alpha value is -2.54. The van der Waals surface area contributed by atoms with E-state index in [0.717, 1.165) is 0 Å². The third kappa shape index (κ3) is 5.22. The maximum absolute atomic E-state index is 13.4. The molecule has 2 rings (SSSR count). The Morgan fingerprint density at radius 2 is 1.72 bits per heavy atom. The summed E-state index contributed by atoms with van der Waals surface area (Å²) in [5, 5.41) is 2.12. The molecule has 0 aliphatic carbocycles. The first-order valence-corrected chi connectivity index (χ1v) is 7.58. The normalized spacial score (nSPS) is 10.4. The number of ether oxygens (including phenoxy) is 1. The van der Waals surface area contributed by atoms with Gasteiger partial charge in [-0.2, -0.15) is 0 Å². The molecule has 0 unspecified atom stereocenters. The van der Waals surface area contributed by atoms with Crippen LogP contribution in [-0.2, 0) is 16.0 Å². The minimum absolute atomic E-state index is 0.142. The predicted octanol–water partition coefficient (Wildman–Crippen LogP) is 3.27. The van der Waals surface area contributed by atoms with Crippen molar-refractivity contribution in [1.82, 2.24) is 5.32 Å². The molecular weight excluding hydrogens is 359 g/mol. The molecule has 8 heteroatoms. The van der Waals surface area contributed by atoms with Crippen molar-refractivity contribution in [1.29, 1.82) is 0 Å². The topological polar surface area (TPSA) is 55.4 Å². The number of carbonyl (C=O) groups excluding carboxylic acids is 2. The molecule has 132 valence electrons. The summed E-state index contributed by atoms with van der Waals surface area (Å²) in [4.78, 5) is 23.4. The molecule has 0 saturated heterocycles. The molecule has 2 aromatic rings. The maximum atomic E-state index is 13.4. The maximum Gasteiger partial charge on any atom is 0.340 e. The zero-order valence-electron chi connectivity index (χ0n) is 12.8. The molecule has 0 saturated carbocycles. The summed E-state index contributed by atoms with van der Waals surface area (Å²) < 4.78 is 44.2. The molecule has 0 atom stereocenters. The Balaban J connectivity index is 1.81. The fourth-order valence-corrected chi connectivity index (χ4v) is 2.20. The third-order valence-electron chi connectivity index (χ3n) is 3.24. The highest BCUT2D eigenvalue weighted by atomic mass is 35.5. The molecule has 25 heavy (non-hydrogen) atoms. The molecule has 0 radical (unpaired) electrons. The van der Waals surface area contributed by atoms with Crippen molar-refractivity contribution in [2.24, 2.45) is 0 Å². The van der Waals surface area contributed by atoms with Crippen LogP contribution in [0.3, 0.4) is 0 Å². The van der Waals surface area contributed by atoms with E-state index < -0.39 is 30.1 Å². The molecule has 1 N–H and O–H groups in total. The summed E-state index contributed by atoms with van der Waals surface area (Å²) in [5.41, 5.74) is 0.0492. The van der Waals surface area contributed by atoms with Crippen molar-refractivity contribution < 1.29 is 27.5 Å². The lowest BCUT2D eigenvalue weighted by atomic mass is 10.1. The molecule has 0 aromatic heterocycles. The van der Waals surface area contributed by atoms with Crippen molar-refractivity contribution in [2.45, 2.75) is 6.42 Å². The van der Waals surface area contributed by atoms with E-state index in [0.29, 0.717) is 17.7 Å². The fourth-order valence-electron chi connectivity index (χ4n) is 1.98. The second-order valence-corrected chi connectivity index (χ2v) is 5.42. The first-order chi connectivity index (χ1) is 11.9. The van der Waals surface area contributed by atoms with Crippen LogP contribution in [0.4, 0.5) is 13.2 Å². The molecule has 0 fully saturated rings. The third-order valence-corrected chi connectivity index (χ3v) is 3.55. The molecule has 2 aromatic carbocycles. The number of rotatable bonds is 6. The van der Waals surface area contributed by atoms with E-state index in [4.69, 9.17) is 16.3 Å². The van der Waals surface area contributed by atoms with Gasteiger partial charge in [-0.3, -0.25) is 4.79 Å². The van der Waals surface area contributed by atoms with E-state index >= 15 is 0 Å². The molecular formula is C17H13ClF3NO3. The van der Waals surface area contributed by atoms with E-state index in [9.17, 15) is 22.8 Å². The van der Waals surface area contributed by atoms with Crippen molar-refractivity contribution >= 4 is 23.5 Å². The van der Waals surface area contributed by atoms with Gasteiger partial charge in [-0.1, -0.05) is 29.8 Å². The van der Waals surface area contributed by atoms with Gasteiger partial charge in [-0.05, 0) is 30.2 Å². The van der Waals surface area contributed by atoms with Crippen LogP contribution in [-0.4, -0.2) is 25.0 Å². The molecule has 0 aliphatic heterocycles. The number of esters is 1. The van der Waals surface area contributed by atoms with E-state index in [-0.39, 0.29) is 29.4 Å². The first-order valence-electron chi connectivity index (χ1n) is 7.20. The highest BCUT2D eigenvalue weighted by molar-refractivity contribution is 6.33. The summed E-state index contributed by atoms with van der Waals surface area (Å²) >= 11 is 5.63. The minimum Gasteiger partial charge on any atom is -0.452 e. The highest BCUT2D eigenvalue weighted by Crippen LogP contribution is 2.20. The predicted molar refractivity (Wildman–Crippen MR) is 84.8 cm³/mol.